The molecule has 1 aromatic rings. The Labute approximate surface area is 119 Å². The van der Waals surface area contributed by atoms with Gasteiger partial charge in [0, 0.05) is 15.2 Å². The normalized spacial score (nSPS) is 22.7. The zero-order valence-corrected chi connectivity index (χ0v) is 11.9. The molecule has 18 heavy (non-hydrogen) atoms. The summed E-state index contributed by atoms with van der Waals surface area (Å²) in [6, 6.07) is 7.56. The fourth-order valence-corrected chi connectivity index (χ4v) is 2.80. The fourth-order valence-electron chi connectivity index (χ4n) is 2.25. The van der Waals surface area contributed by atoms with Gasteiger partial charge in [0.1, 0.15) is 0 Å². The van der Waals surface area contributed by atoms with Gasteiger partial charge in [-0.05, 0) is 60.1 Å². The molecule has 0 saturated heterocycles. The second-order valence-electron chi connectivity index (χ2n) is 4.54. The zero-order chi connectivity index (χ0) is 13.1. The molecule has 0 aromatic heterocycles. The van der Waals surface area contributed by atoms with Crippen LogP contribution in [0.2, 0.25) is 0 Å². The first-order valence-electron chi connectivity index (χ1n) is 5.85. The van der Waals surface area contributed by atoms with E-state index >= 15 is 0 Å². The summed E-state index contributed by atoms with van der Waals surface area (Å²) in [5, 5.41) is 11.8. The van der Waals surface area contributed by atoms with Crippen LogP contribution in [0.4, 0.5) is 5.69 Å². The monoisotopic (exact) mass is 359 g/mol. The summed E-state index contributed by atoms with van der Waals surface area (Å²) < 4.78 is 1.06. The van der Waals surface area contributed by atoms with Crippen molar-refractivity contribution in [3.63, 3.8) is 0 Å². The molecule has 1 aromatic carbocycles. The van der Waals surface area contributed by atoms with E-state index in [1.54, 1.807) is 0 Å². The van der Waals surface area contributed by atoms with Gasteiger partial charge in [-0.1, -0.05) is 6.07 Å². The molecule has 5 heteroatoms. The van der Waals surface area contributed by atoms with E-state index in [2.05, 4.69) is 27.9 Å². The second kappa shape index (κ2) is 5.69. The molecule has 1 saturated carbocycles. The number of hydrogen-bond acceptors (Lipinski definition) is 2. The van der Waals surface area contributed by atoms with Crippen molar-refractivity contribution in [2.24, 2.45) is 11.8 Å². The first-order valence-corrected chi connectivity index (χ1v) is 6.93. The van der Waals surface area contributed by atoms with Gasteiger partial charge in [-0.3, -0.25) is 9.59 Å². The van der Waals surface area contributed by atoms with E-state index in [4.69, 9.17) is 5.11 Å². The van der Waals surface area contributed by atoms with Gasteiger partial charge in [0.2, 0.25) is 5.91 Å². The van der Waals surface area contributed by atoms with Crippen LogP contribution in [0.3, 0.4) is 0 Å². The van der Waals surface area contributed by atoms with Crippen LogP contribution in [0.1, 0.15) is 19.3 Å². The van der Waals surface area contributed by atoms with E-state index in [1.165, 1.54) is 0 Å². The third kappa shape index (κ3) is 3.22. The summed E-state index contributed by atoms with van der Waals surface area (Å²) >= 11 is 2.18. The van der Waals surface area contributed by atoms with E-state index < -0.39 is 5.97 Å². The molecule has 0 spiro atoms. The van der Waals surface area contributed by atoms with Crippen molar-refractivity contribution in [2.45, 2.75) is 19.3 Å². The minimum absolute atomic E-state index is 0.0687. The predicted molar refractivity (Wildman–Crippen MR) is 76.3 cm³/mol. The summed E-state index contributed by atoms with van der Waals surface area (Å²) in [4.78, 5) is 22.8. The molecule has 1 amide bonds. The van der Waals surface area contributed by atoms with Crippen molar-refractivity contribution in [3.8, 4) is 0 Å². The lowest BCUT2D eigenvalue weighted by atomic mass is 10.0. The average molecular weight is 359 g/mol. The van der Waals surface area contributed by atoms with Crippen LogP contribution in [0.25, 0.3) is 0 Å². The van der Waals surface area contributed by atoms with Crippen LogP contribution in [0.15, 0.2) is 24.3 Å². The van der Waals surface area contributed by atoms with E-state index in [0.29, 0.717) is 19.3 Å². The molecule has 96 valence electrons. The van der Waals surface area contributed by atoms with Gasteiger partial charge < -0.3 is 10.4 Å². The van der Waals surface area contributed by atoms with Gasteiger partial charge in [-0.25, -0.2) is 0 Å². The number of halogens is 1. The van der Waals surface area contributed by atoms with Crippen LogP contribution < -0.4 is 5.32 Å². The van der Waals surface area contributed by atoms with Gasteiger partial charge in [-0.2, -0.15) is 0 Å². The lowest BCUT2D eigenvalue weighted by molar-refractivity contribution is -0.141. The maximum Gasteiger partial charge on any atom is 0.306 e. The Bertz CT molecular complexity index is 475. The minimum atomic E-state index is -0.792. The minimum Gasteiger partial charge on any atom is -0.481 e. The molecule has 4 nitrogen and oxygen atoms in total. The highest BCUT2D eigenvalue weighted by Gasteiger charge is 2.33. The molecule has 2 unspecified atom stereocenters. The van der Waals surface area contributed by atoms with Crippen LogP contribution >= 0.6 is 22.6 Å². The number of carbonyl (C=O) groups excluding carboxylic acids is 1. The molecule has 2 rings (SSSR count). The Morgan fingerprint density at radius 1 is 1.28 bits per heavy atom. The summed E-state index contributed by atoms with van der Waals surface area (Å²) in [7, 11) is 0. The van der Waals surface area contributed by atoms with E-state index in [0.717, 1.165) is 9.26 Å². The number of aliphatic carboxylic acids is 1. The highest BCUT2D eigenvalue weighted by Crippen LogP contribution is 2.31. The van der Waals surface area contributed by atoms with Crippen molar-refractivity contribution in [2.75, 3.05) is 5.32 Å². The predicted octanol–water partition coefficient (Wildman–Crippen LogP) is 2.73. The highest BCUT2D eigenvalue weighted by molar-refractivity contribution is 14.1. The number of carboxylic acids is 1. The molecule has 0 bridgehead atoms. The molecule has 2 N–H and O–H groups in total. The highest BCUT2D eigenvalue weighted by atomic mass is 127. The quantitative estimate of drug-likeness (QED) is 0.816. The number of rotatable bonds is 3. The van der Waals surface area contributed by atoms with Gasteiger partial charge >= 0.3 is 5.97 Å². The van der Waals surface area contributed by atoms with Crippen molar-refractivity contribution < 1.29 is 14.7 Å². The summed E-state index contributed by atoms with van der Waals surface area (Å²) in [5.41, 5.74) is 0.769. The smallest absolute Gasteiger partial charge is 0.306 e. The van der Waals surface area contributed by atoms with Crippen LogP contribution in [0, 0.1) is 15.4 Å². The maximum absolute atomic E-state index is 12.0. The van der Waals surface area contributed by atoms with E-state index in [-0.39, 0.29) is 17.7 Å². The number of amides is 1. The molecule has 2 atom stereocenters. The molecule has 1 aliphatic rings. The third-order valence-corrected chi connectivity index (χ3v) is 3.92. The second-order valence-corrected chi connectivity index (χ2v) is 5.79. The first-order chi connectivity index (χ1) is 8.56. The molecule has 0 radical (unpaired) electrons. The lowest BCUT2D eigenvalue weighted by Crippen LogP contribution is -2.21. The van der Waals surface area contributed by atoms with Gasteiger partial charge in [-0.15, -0.1) is 0 Å². The Morgan fingerprint density at radius 3 is 2.61 bits per heavy atom. The standard InChI is InChI=1S/C13H14INO3/c14-10-2-1-3-11(7-10)15-12(16)8-4-5-9(6-8)13(17)18/h1-3,7-9H,4-6H2,(H,15,16)(H,17,18). The van der Waals surface area contributed by atoms with Gasteiger partial charge in [0.05, 0.1) is 5.92 Å². The Balaban J connectivity index is 1.95. The summed E-state index contributed by atoms with van der Waals surface area (Å²) in [6.45, 7) is 0. The summed E-state index contributed by atoms with van der Waals surface area (Å²) in [5.74, 6) is -1.40. The molecular formula is C13H14INO3. The van der Waals surface area contributed by atoms with Crippen molar-refractivity contribution in [3.05, 3.63) is 27.8 Å². The number of nitrogens with one attached hydrogen (secondary N) is 1. The van der Waals surface area contributed by atoms with Crippen molar-refractivity contribution in [1.82, 2.24) is 0 Å². The van der Waals surface area contributed by atoms with E-state index in [9.17, 15) is 9.59 Å². The Morgan fingerprint density at radius 2 is 2.00 bits per heavy atom. The number of carboxylic acid groups (broad SMARTS) is 1. The first kappa shape index (κ1) is 13.3. The number of hydrogen-bond donors (Lipinski definition) is 2. The Kier molecular flexibility index (Phi) is 4.21. The fraction of sp³-hybridized carbons (Fsp3) is 0.385. The molecule has 1 aliphatic carbocycles. The topological polar surface area (TPSA) is 66.4 Å². The largest absolute Gasteiger partial charge is 0.481 e. The molecule has 0 aliphatic heterocycles. The number of benzene rings is 1. The molecular weight excluding hydrogens is 345 g/mol. The van der Waals surface area contributed by atoms with Crippen molar-refractivity contribution in [1.29, 1.82) is 0 Å². The summed E-state index contributed by atoms with van der Waals surface area (Å²) in [6.07, 6.45) is 1.71. The number of anilines is 1. The molecule has 0 heterocycles. The van der Waals surface area contributed by atoms with Crippen molar-refractivity contribution >= 4 is 40.2 Å². The zero-order valence-electron chi connectivity index (χ0n) is 9.73. The van der Waals surface area contributed by atoms with E-state index in [1.807, 2.05) is 24.3 Å². The average Bonchev–Trinajstić information content (AvgIpc) is 2.78. The van der Waals surface area contributed by atoms with Crippen LogP contribution in [0.5, 0.6) is 0 Å². The maximum atomic E-state index is 12.0. The SMILES string of the molecule is O=C(O)C1CCC(C(=O)Nc2cccc(I)c2)C1. The Hall–Kier alpha value is -1.11. The van der Waals surface area contributed by atoms with Gasteiger partial charge in [0.15, 0.2) is 0 Å². The lowest BCUT2D eigenvalue weighted by Gasteiger charge is -2.11. The third-order valence-electron chi connectivity index (χ3n) is 3.24. The number of carbonyl (C=O) groups is 2. The molecule has 1 fully saturated rings. The van der Waals surface area contributed by atoms with Crippen LogP contribution in [-0.2, 0) is 9.59 Å². The van der Waals surface area contributed by atoms with Gasteiger partial charge in [0.25, 0.3) is 0 Å². The van der Waals surface area contributed by atoms with Crippen LogP contribution in [-0.4, -0.2) is 17.0 Å².